The lowest BCUT2D eigenvalue weighted by Gasteiger charge is -2.17. The fourth-order valence-corrected chi connectivity index (χ4v) is 3.54. The average molecular weight is 492 g/mol. The van der Waals surface area contributed by atoms with Crippen molar-refractivity contribution in [2.75, 3.05) is 17.2 Å². The number of benzene rings is 3. The van der Waals surface area contributed by atoms with E-state index in [1.165, 1.54) is 12.1 Å². The molecule has 3 rings (SSSR count). The number of urea groups is 1. The third-order valence-corrected chi connectivity index (χ3v) is 5.26. The molecule has 0 heterocycles. The summed E-state index contributed by atoms with van der Waals surface area (Å²) in [5.74, 6) is -1.02. The van der Waals surface area contributed by atoms with Crippen molar-refractivity contribution in [3.8, 4) is 17.2 Å². The number of hydrogen-bond donors (Lipinski definition) is 4. The maximum absolute atomic E-state index is 12.5. The van der Waals surface area contributed by atoms with Crippen LogP contribution in [0.1, 0.15) is 36.6 Å². The molecule has 0 aromatic heterocycles. The third-order valence-electron chi connectivity index (χ3n) is 5.26. The first-order chi connectivity index (χ1) is 17.2. The molecule has 9 nitrogen and oxygen atoms in total. The summed E-state index contributed by atoms with van der Waals surface area (Å²) in [6, 6.07) is 16.6. The minimum Gasteiger partial charge on any atom is -0.506 e. The zero-order valence-electron chi connectivity index (χ0n) is 20.5. The molecule has 0 radical (unpaired) electrons. The van der Waals surface area contributed by atoms with Gasteiger partial charge in [0.05, 0.1) is 18.3 Å². The summed E-state index contributed by atoms with van der Waals surface area (Å²) in [5, 5.41) is 18.2. The number of carbonyl (C=O) groups is 3. The molecule has 36 heavy (non-hydrogen) atoms. The van der Waals surface area contributed by atoms with Crippen molar-refractivity contribution < 1.29 is 29.0 Å². The zero-order valence-corrected chi connectivity index (χ0v) is 20.5. The number of esters is 1. The molecule has 0 aliphatic heterocycles. The molecule has 188 valence electrons. The van der Waals surface area contributed by atoms with Gasteiger partial charge in [-0.05, 0) is 68.7 Å². The standard InChI is InChI=1S/C27H29N3O6/c1-5-35-26(33)25(32)29-20-13-16(2)24(17(3)14-20)36-21-11-12-23(31)22(15-21)30-27(34)28-18(4)19-9-7-6-8-10-19/h6-15,18,31H,5H2,1-4H3,(H,29,32)(H2,28,30,34). The molecule has 0 bridgehead atoms. The maximum atomic E-state index is 12.5. The SMILES string of the molecule is CCOC(=O)C(=O)Nc1cc(C)c(Oc2ccc(O)c(NC(=O)NC(C)c3ccccc3)c2)c(C)c1. The van der Waals surface area contributed by atoms with Crippen molar-refractivity contribution >= 4 is 29.3 Å². The van der Waals surface area contributed by atoms with E-state index in [0.29, 0.717) is 28.3 Å². The fourth-order valence-electron chi connectivity index (χ4n) is 3.54. The summed E-state index contributed by atoms with van der Waals surface area (Å²) in [6.07, 6.45) is 0. The van der Waals surface area contributed by atoms with Crippen LogP contribution in [-0.4, -0.2) is 29.6 Å². The molecular formula is C27H29N3O6. The number of aromatic hydroxyl groups is 1. The highest BCUT2D eigenvalue weighted by Crippen LogP contribution is 2.35. The Morgan fingerprint density at radius 1 is 0.944 bits per heavy atom. The van der Waals surface area contributed by atoms with Gasteiger partial charge in [0.15, 0.2) is 0 Å². The Kier molecular flexibility index (Phi) is 8.51. The largest absolute Gasteiger partial charge is 0.506 e. The van der Waals surface area contributed by atoms with Crippen LogP contribution in [0, 0.1) is 13.8 Å². The van der Waals surface area contributed by atoms with E-state index < -0.39 is 17.9 Å². The van der Waals surface area contributed by atoms with Gasteiger partial charge in [0.25, 0.3) is 0 Å². The Labute approximate surface area is 209 Å². The number of nitrogens with one attached hydrogen (secondary N) is 3. The topological polar surface area (TPSA) is 126 Å². The normalized spacial score (nSPS) is 11.2. The van der Waals surface area contributed by atoms with Gasteiger partial charge in [-0.25, -0.2) is 9.59 Å². The van der Waals surface area contributed by atoms with Crippen LogP contribution in [0.4, 0.5) is 16.2 Å². The molecule has 0 saturated carbocycles. The minimum absolute atomic E-state index is 0.105. The predicted octanol–water partition coefficient (Wildman–Crippen LogP) is 5.19. The Hall–Kier alpha value is -4.53. The van der Waals surface area contributed by atoms with E-state index in [4.69, 9.17) is 9.47 Å². The van der Waals surface area contributed by atoms with Gasteiger partial charge in [0.2, 0.25) is 0 Å². The van der Waals surface area contributed by atoms with Crippen molar-refractivity contribution in [2.24, 2.45) is 0 Å². The van der Waals surface area contributed by atoms with Gasteiger partial charge < -0.3 is 30.5 Å². The van der Waals surface area contributed by atoms with Crippen LogP contribution in [0.5, 0.6) is 17.2 Å². The number of amides is 3. The first-order valence-corrected chi connectivity index (χ1v) is 11.4. The van der Waals surface area contributed by atoms with Crippen LogP contribution < -0.4 is 20.7 Å². The maximum Gasteiger partial charge on any atom is 0.397 e. The van der Waals surface area contributed by atoms with Crippen molar-refractivity contribution in [3.63, 3.8) is 0 Å². The molecule has 1 unspecified atom stereocenters. The van der Waals surface area contributed by atoms with Gasteiger partial charge >= 0.3 is 17.9 Å². The number of rotatable bonds is 7. The highest BCUT2D eigenvalue weighted by atomic mass is 16.5. The number of anilines is 2. The molecule has 3 aromatic rings. The summed E-state index contributed by atoms with van der Waals surface area (Å²) in [6.45, 7) is 7.17. The summed E-state index contributed by atoms with van der Waals surface area (Å²) < 4.78 is 10.7. The predicted molar refractivity (Wildman–Crippen MR) is 136 cm³/mol. The van der Waals surface area contributed by atoms with E-state index in [1.807, 2.05) is 37.3 Å². The van der Waals surface area contributed by atoms with E-state index in [9.17, 15) is 19.5 Å². The second-order valence-electron chi connectivity index (χ2n) is 8.13. The molecular weight excluding hydrogens is 462 g/mol. The van der Waals surface area contributed by atoms with E-state index in [-0.39, 0.29) is 24.1 Å². The van der Waals surface area contributed by atoms with Crippen LogP contribution in [-0.2, 0) is 14.3 Å². The molecule has 3 amide bonds. The van der Waals surface area contributed by atoms with Crippen LogP contribution in [0.2, 0.25) is 0 Å². The van der Waals surface area contributed by atoms with Gasteiger partial charge in [0, 0.05) is 11.8 Å². The van der Waals surface area contributed by atoms with Crippen LogP contribution in [0.3, 0.4) is 0 Å². The molecule has 0 spiro atoms. The van der Waals surface area contributed by atoms with Gasteiger partial charge in [-0.15, -0.1) is 0 Å². The number of carbonyl (C=O) groups excluding carboxylic acids is 3. The lowest BCUT2D eigenvalue weighted by atomic mass is 10.1. The molecule has 9 heteroatoms. The van der Waals surface area contributed by atoms with E-state index >= 15 is 0 Å². The van der Waals surface area contributed by atoms with Gasteiger partial charge in [0.1, 0.15) is 17.2 Å². The van der Waals surface area contributed by atoms with Crippen molar-refractivity contribution in [2.45, 2.75) is 33.7 Å². The quantitative estimate of drug-likeness (QED) is 0.205. The third kappa shape index (κ3) is 6.75. The summed E-state index contributed by atoms with van der Waals surface area (Å²) in [7, 11) is 0. The van der Waals surface area contributed by atoms with Crippen molar-refractivity contribution in [1.82, 2.24) is 5.32 Å². The zero-order chi connectivity index (χ0) is 26.2. The number of phenolic OH excluding ortho intramolecular Hbond substituents is 1. The first-order valence-electron chi connectivity index (χ1n) is 11.4. The molecule has 0 aliphatic rings. The minimum atomic E-state index is -0.959. The Bertz CT molecular complexity index is 1240. The van der Waals surface area contributed by atoms with E-state index in [1.54, 1.807) is 39.0 Å². The molecule has 0 fully saturated rings. The van der Waals surface area contributed by atoms with Crippen molar-refractivity contribution in [3.05, 3.63) is 77.4 Å². The average Bonchev–Trinajstić information content (AvgIpc) is 2.84. The van der Waals surface area contributed by atoms with E-state index in [0.717, 1.165) is 5.56 Å². The lowest BCUT2D eigenvalue weighted by Crippen LogP contribution is -2.31. The highest BCUT2D eigenvalue weighted by molar-refractivity contribution is 6.37. The number of hydrogen-bond acceptors (Lipinski definition) is 6. The van der Waals surface area contributed by atoms with Gasteiger partial charge in [-0.2, -0.15) is 0 Å². The Balaban J connectivity index is 1.71. The van der Waals surface area contributed by atoms with Crippen LogP contribution in [0.25, 0.3) is 0 Å². The Morgan fingerprint density at radius 3 is 2.25 bits per heavy atom. The lowest BCUT2D eigenvalue weighted by molar-refractivity contribution is -0.152. The van der Waals surface area contributed by atoms with Crippen LogP contribution in [0.15, 0.2) is 60.7 Å². The highest BCUT2D eigenvalue weighted by Gasteiger charge is 2.17. The molecule has 3 aromatic carbocycles. The number of ether oxygens (including phenoxy) is 2. The summed E-state index contributed by atoms with van der Waals surface area (Å²) in [4.78, 5) is 36.0. The van der Waals surface area contributed by atoms with E-state index in [2.05, 4.69) is 16.0 Å². The summed E-state index contributed by atoms with van der Waals surface area (Å²) in [5.41, 5.74) is 2.95. The monoisotopic (exact) mass is 491 g/mol. The summed E-state index contributed by atoms with van der Waals surface area (Å²) >= 11 is 0. The van der Waals surface area contributed by atoms with Crippen LogP contribution >= 0.6 is 0 Å². The molecule has 0 aliphatic carbocycles. The fraction of sp³-hybridized carbons (Fsp3) is 0.222. The molecule has 1 atom stereocenters. The van der Waals surface area contributed by atoms with Gasteiger partial charge in [-0.1, -0.05) is 30.3 Å². The molecule has 0 saturated heterocycles. The second kappa shape index (κ2) is 11.7. The smallest absolute Gasteiger partial charge is 0.397 e. The second-order valence-corrected chi connectivity index (χ2v) is 8.13. The number of phenols is 1. The Morgan fingerprint density at radius 2 is 1.61 bits per heavy atom. The molecule has 4 N–H and O–H groups in total. The van der Waals surface area contributed by atoms with Crippen molar-refractivity contribution in [1.29, 1.82) is 0 Å². The first kappa shape index (κ1) is 26.1. The van der Waals surface area contributed by atoms with Gasteiger partial charge in [-0.3, -0.25) is 4.79 Å². The number of aryl methyl sites for hydroxylation is 2.